The van der Waals surface area contributed by atoms with E-state index in [1.807, 2.05) is 42.2 Å². The third kappa shape index (κ3) is 4.33. The zero-order valence-electron chi connectivity index (χ0n) is 16.3. The van der Waals surface area contributed by atoms with E-state index in [0.717, 1.165) is 49.4 Å². The molecule has 0 saturated carbocycles. The van der Waals surface area contributed by atoms with Gasteiger partial charge in [0.1, 0.15) is 5.76 Å². The first-order valence-electron chi connectivity index (χ1n) is 10.0. The van der Waals surface area contributed by atoms with E-state index in [0.29, 0.717) is 18.2 Å². The molecule has 3 aromatic rings. The number of rotatable bonds is 5. The molecule has 0 radical (unpaired) electrons. The third-order valence-electron chi connectivity index (χ3n) is 5.57. The summed E-state index contributed by atoms with van der Waals surface area (Å²) in [6.45, 7) is 3.55. The quantitative estimate of drug-likeness (QED) is 0.652. The fourth-order valence-electron chi connectivity index (χ4n) is 3.89. The molecule has 0 aliphatic carbocycles. The van der Waals surface area contributed by atoms with Crippen LogP contribution in [0.1, 0.15) is 29.9 Å². The summed E-state index contributed by atoms with van der Waals surface area (Å²) in [6.07, 6.45) is 3.54. The van der Waals surface area contributed by atoms with E-state index < -0.39 is 0 Å². The second-order valence-electron chi connectivity index (χ2n) is 7.58. The standard InChI is InChI=1S/C24H26N2O2/c1-18-22(25-24(28-18)21-10-6-3-7-11-21)17-23(27)26-14-12-20(13-15-26)16-19-8-4-2-5-9-19/h2-11,20H,12-17H2,1H3. The SMILES string of the molecule is Cc1oc(-c2ccccc2)nc1CC(=O)N1CCC(Cc2ccccc2)CC1. The molecule has 0 unspecified atom stereocenters. The predicted molar refractivity (Wildman–Crippen MR) is 110 cm³/mol. The van der Waals surface area contributed by atoms with Crippen molar-refractivity contribution in [3.8, 4) is 11.5 Å². The predicted octanol–water partition coefficient (Wildman–Crippen LogP) is 4.67. The molecule has 144 valence electrons. The van der Waals surface area contributed by atoms with Crippen LogP contribution in [0.5, 0.6) is 0 Å². The number of oxazole rings is 1. The van der Waals surface area contributed by atoms with E-state index in [-0.39, 0.29) is 5.91 Å². The Kier molecular flexibility index (Phi) is 5.56. The van der Waals surface area contributed by atoms with E-state index in [1.54, 1.807) is 0 Å². The summed E-state index contributed by atoms with van der Waals surface area (Å²) in [7, 11) is 0. The number of nitrogens with zero attached hydrogens (tertiary/aromatic N) is 2. The van der Waals surface area contributed by atoms with E-state index in [9.17, 15) is 4.79 Å². The van der Waals surface area contributed by atoms with Crippen LogP contribution in [0.25, 0.3) is 11.5 Å². The van der Waals surface area contributed by atoms with Crippen LogP contribution in [0.4, 0.5) is 0 Å². The highest BCUT2D eigenvalue weighted by atomic mass is 16.4. The van der Waals surface area contributed by atoms with E-state index in [4.69, 9.17) is 4.42 Å². The first kappa shape index (κ1) is 18.5. The number of amides is 1. The van der Waals surface area contributed by atoms with Crippen molar-refractivity contribution >= 4 is 5.91 Å². The lowest BCUT2D eigenvalue weighted by Crippen LogP contribution is -2.39. The molecule has 1 aliphatic rings. The molecule has 1 aliphatic heterocycles. The summed E-state index contributed by atoms with van der Waals surface area (Å²) in [5, 5.41) is 0. The van der Waals surface area contributed by atoms with Crippen LogP contribution in [0.15, 0.2) is 65.1 Å². The van der Waals surface area contributed by atoms with E-state index >= 15 is 0 Å². The molecule has 0 spiro atoms. The van der Waals surface area contributed by atoms with Crippen LogP contribution < -0.4 is 0 Å². The number of hydrogen-bond donors (Lipinski definition) is 0. The molecule has 1 amide bonds. The van der Waals surface area contributed by atoms with Crippen molar-refractivity contribution in [2.75, 3.05) is 13.1 Å². The molecule has 1 fully saturated rings. The minimum absolute atomic E-state index is 0.147. The highest BCUT2D eigenvalue weighted by molar-refractivity contribution is 5.78. The molecule has 4 rings (SSSR count). The van der Waals surface area contributed by atoms with Crippen molar-refractivity contribution in [2.45, 2.75) is 32.6 Å². The number of carbonyl (C=O) groups is 1. The van der Waals surface area contributed by atoms with Gasteiger partial charge in [0.05, 0.1) is 12.1 Å². The Hall–Kier alpha value is -2.88. The summed E-state index contributed by atoms with van der Waals surface area (Å²) in [5.41, 5.74) is 3.07. The van der Waals surface area contributed by atoms with Gasteiger partial charge in [-0.2, -0.15) is 0 Å². The first-order valence-corrected chi connectivity index (χ1v) is 10.0. The van der Waals surface area contributed by atoms with Crippen LogP contribution in [0.2, 0.25) is 0 Å². The Morgan fingerprint density at radius 3 is 2.36 bits per heavy atom. The van der Waals surface area contributed by atoms with Gasteiger partial charge in [-0.25, -0.2) is 4.98 Å². The summed E-state index contributed by atoms with van der Waals surface area (Å²) in [5.74, 6) is 2.12. The topological polar surface area (TPSA) is 46.3 Å². The fraction of sp³-hybridized carbons (Fsp3) is 0.333. The minimum Gasteiger partial charge on any atom is -0.441 e. The molecule has 4 heteroatoms. The van der Waals surface area contributed by atoms with Gasteiger partial charge in [-0.1, -0.05) is 48.5 Å². The molecule has 0 bridgehead atoms. The Bertz CT molecular complexity index is 910. The van der Waals surface area contributed by atoms with Gasteiger partial charge in [0.25, 0.3) is 0 Å². The smallest absolute Gasteiger partial charge is 0.228 e. The highest BCUT2D eigenvalue weighted by Crippen LogP contribution is 2.24. The minimum atomic E-state index is 0.147. The van der Waals surface area contributed by atoms with E-state index in [2.05, 4.69) is 35.3 Å². The van der Waals surface area contributed by atoms with Crippen LogP contribution in [-0.2, 0) is 17.6 Å². The maximum atomic E-state index is 12.8. The van der Waals surface area contributed by atoms with Crippen molar-refractivity contribution < 1.29 is 9.21 Å². The number of piperidine rings is 1. The third-order valence-corrected chi connectivity index (χ3v) is 5.57. The van der Waals surface area contributed by atoms with Crippen molar-refractivity contribution in [2.24, 2.45) is 5.92 Å². The Morgan fingerprint density at radius 1 is 1.04 bits per heavy atom. The molecule has 0 N–H and O–H groups in total. The Labute approximate surface area is 166 Å². The fourth-order valence-corrected chi connectivity index (χ4v) is 3.89. The highest BCUT2D eigenvalue weighted by Gasteiger charge is 2.24. The van der Waals surface area contributed by atoms with Gasteiger partial charge in [-0.15, -0.1) is 0 Å². The second-order valence-corrected chi connectivity index (χ2v) is 7.58. The molecule has 28 heavy (non-hydrogen) atoms. The monoisotopic (exact) mass is 374 g/mol. The van der Waals surface area contributed by atoms with Gasteiger partial charge < -0.3 is 9.32 Å². The second kappa shape index (κ2) is 8.42. The molecule has 2 aromatic carbocycles. The number of hydrogen-bond acceptors (Lipinski definition) is 3. The normalized spacial score (nSPS) is 15.0. The first-order chi connectivity index (χ1) is 13.7. The largest absolute Gasteiger partial charge is 0.441 e. The Morgan fingerprint density at radius 2 is 1.68 bits per heavy atom. The van der Waals surface area contributed by atoms with Gasteiger partial charge in [0, 0.05) is 18.7 Å². The lowest BCUT2D eigenvalue weighted by molar-refractivity contribution is -0.131. The number of benzene rings is 2. The lowest BCUT2D eigenvalue weighted by atomic mass is 9.90. The van der Waals surface area contributed by atoms with Crippen molar-refractivity contribution in [3.05, 3.63) is 77.7 Å². The molecular formula is C24H26N2O2. The molecule has 4 nitrogen and oxygen atoms in total. The Balaban J connectivity index is 1.33. The summed E-state index contributed by atoms with van der Waals surface area (Å²) < 4.78 is 5.79. The number of aryl methyl sites for hydroxylation is 1. The number of likely N-dealkylation sites (tertiary alicyclic amines) is 1. The van der Waals surface area contributed by atoms with Gasteiger partial charge in [0.2, 0.25) is 11.8 Å². The van der Waals surface area contributed by atoms with Crippen LogP contribution in [-0.4, -0.2) is 28.9 Å². The molecule has 2 heterocycles. The molecular weight excluding hydrogens is 348 g/mol. The zero-order valence-corrected chi connectivity index (χ0v) is 16.3. The summed E-state index contributed by atoms with van der Waals surface area (Å²) in [4.78, 5) is 19.3. The van der Waals surface area contributed by atoms with Crippen molar-refractivity contribution in [1.29, 1.82) is 0 Å². The maximum absolute atomic E-state index is 12.8. The van der Waals surface area contributed by atoms with Crippen LogP contribution in [0, 0.1) is 12.8 Å². The van der Waals surface area contributed by atoms with E-state index in [1.165, 1.54) is 5.56 Å². The number of carbonyl (C=O) groups excluding carboxylic acids is 1. The van der Waals surface area contributed by atoms with Gasteiger partial charge in [-0.05, 0) is 49.8 Å². The molecule has 1 saturated heterocycles. The molecule has 0 atom stereocenters. The van der Waals surface area contributed by atoms with Gasteiger partial charge in [0.15, 0.2) is 0 Å². The molecule has 1 aromatic heterocycles. The van der Waals surface area contributed by atoms with Crippen LogP contribution in [0.3, 0.4) is 0 Å². The van der Waals surface area contributed by atoms with Crippen molar-refractivity contribution in [3.63, 3.8) is 0 Å². The average Bonchev–Trinajstić information content (AvgIpc) is 3.10. The zero-order chi connectivity index (χ0) is 19.3. The van der Waals surface area contributed by atoms with Crippen LogP contribution >= 0.6 is 0 Å². The van der Waals surface area contributed by atoms with Gasteiger partial charge in [-0.3, -0.25) is 4.79 Å². The number of aromatic nitrogens is 1. The maximum Gasteiger partial charge on any atom is 0.228 e. The van der Waals surface area contributed by atoms with Crippen molar-refractivity contribution in [1.82, 2.24) is 9.88 Å². The summed E-state index contributed by atoms with van der Waals surface area (Å²) in [6, 6.07) is 20.4. The average molecular weight is 374 g/mol. The summed E-state index contributed by atoms with van der Waals surface area (Å²) >= 11 is 0. The van der Waals surface area contributed by atoms with Gasteiger partial charge >= 0.3 is 0 Å². The lowest BCUT2D eigenvalue weighted by Gasteiger charge is -2.32.